The Morgan fingerprint density at radius 2 is 2.04 bits per heavy atom. The summed E-state index contributed by atoms with van der Waals surface area (Å²) < 4.78 is 17.2. The van der Waals surface area contributed by atoms with Crippen LogP contribution in [-0.2, 0) is 19.0 Å². The van der Waals surface area contributed by atoms with E-state index in [9.17, 15) is 9.90 Å². The van der Waals surface area contributed by atoms with E-state index in [1.807, 2.05) is 19.9 Å². The van der Waals surface area contributed by atoms with E-state index in [1.165, 1.54) is 6.08 Å². The van der Waals surface area contributed by atoms with Crippen molar-refractivity contribution in [1.29, 1.82) is 0 Å². The lowest BCUT2D eigenvalue weighted by atomic mass is 9.85. The highest BCUT2D eigenvalue weighted by Gasteiger charge is 2.36. The molecule has 5 atom stereocenters. The highest BCUT2D eigenvalue weighted by Crippen LogP contribution is 2.32. The Bertz CT molecular complexity index is 431. The molecular formula is C18H30O5. The second-order valence-electron chi connectivity index (χ2n) is 7.19. The van der Waals surface area contributed by atoms with Crippen molar-refractivity contribution in [2.45, 2.75) is 77.5 Å². The van der Waals surface area contributed by atoms with Crippen molar-refractivity contribution in [3.05, 3.63) is 12.2 Å². The largest absolute Gasteiger partial charge is 0.458 e. The van der Waals surface area contributed by atoms with Gasteiger partial charge < -0.3 is 19.3 Å². The van der Waals surface area contributed by atoms with Crippen molar-refractivity contribution >= 4 is 5.97 Å². The first kappa shape index (κ1) is 18.4. The molecule has 0 unspecified atom stereocenters. The van der Waals surface area contributed by atoms with Gasteiger partial charge in [-0.1, -0.05) is 19.9 Å². The summed E-state index contributed by atoms with van der Waals surface area (Å²) in [7, 11) is 0. The molecule has 2 heterocycles. The first-order valence-corrected chi connectivity index (χ1v) is 8.70. The van der Waals surface area contributed by atoms with Gasteiger partial charge in [0.15, 0.2) is 5.79 Å². The predicted molar refractivity (Wildman–Crippen MR) is 86.7 cm³/mol. The van der Waals surface area contributed by atoms with Crippen molar-refractivity contribution < 1.29 is 24.1 Å². The Balaban J connectivity index is 1.89. The molecule has 2 aliphatic rings. The number of carbonyl (C=O) groups excluding carboxylic acids is 1. The zero-order valence-electron chi connectivity index (χ0n) is 14.7. The standard InChI is InChI=1S/C18H30O5/c1-5-13-7-9-16(20)21-17(13)12(2)6-8-14-10-15(11-19)23-18(3,4)22-14/h7,9,12-15,17,19H,5-6,8,10-11H2,1-4H3/t12-,13+,14+,15-,17+/m0/s1. The van der Waals surface area contributed by atoms with Crippen LogP contribution in [0.15, 0.2) is 12.2 Å². The van der Waals surface area contributed by atoms with Crippen LogP contribution in [-0.4, -0.2) is 41.8 Å². The molecule has 0 aromatic heterocycles. The van der Waals surface area contributed by atoms with E-state index in [2.05, 4.69) is 13.8 Å². The molecule has 1 fully saturated rings. The Labute approximate surface area is 139 Å². The highest BCUT2D eigenvalue weighted by atomic mass is 16.7. The van der Waals surface area contributed by atoms with Crippen LogP contribution in [0, 0.1) is 11.8 Å². The molecule has 1 saturated heterocycles. The van der Waals surface area contributed by atoms with E-state index in [-0.39, 0.29) is 36.8 Å². The Hall–Kier alpha value is -0.910. The summed E-state index contributed by atoms with van der Waals surface area (Å²) in [6.45, 7) is 8.03. The Morgan fingerprint density at radius 3 is 2.70 bits per heavy atom. The van der Waals surface area contributed by atoms with E-state index < -0.39 is 5.79 Å². The Kier molecular flexibility index (Phi) is 6.23. The fourth-order valence-corrected chi connectivity index (χ4v) is 3.60. The minimum atomic E-state index is -0.661. The second kappa shape index (κ2) is 7.77. The molecule has 0 bridgehead atoms. The second-order valence-corrected chi connectivity index (χ2v) is 7.19. The van der Waals surface area contributed by atoms with Crippen LogP contribution in [0.2, 0.25) is 0 Å². The van der Waals surface area contributed by atoms with Crippen molar-refractivity contribution in [2.24, 2.45) is 11.8 Å². The third-order valence-electron chi connectivity index (χ3n) is 4.76. The summed E-state index contributed by atoms with van der Waals surface area (Å²) in [5.74, 6) is -0.336. The van der Waals surface area contributed by atoms with Crippen molar-refractivity contribution in [3.63, 3.8) is 0 Å². The number of hydrogen-bond acceptors (Lipinski definition) is 5. The van der Waals surface area contributed by atoms with Gasteiger partial charge in [-0.3, -0.25) is 0 Å². The molecule has 0 aromatic rings. The average Bonchev–Trinajstić information content (AvgIpc) is 2.51. The summed E-state index contributed by atoms with van der Waals surface area (Å²) in [4.78, 5) is 11.5. The summed E-state index contributed by atoms with van der Waals surface area (Å²) in [5, 5.41) is 9.37. The van der Waals surface area contributed by atoms with E-state index in [1.54, 1.807) is 0 Å². The first-order valence-electron chi connectivity index (χ1n) is 8.70. The van der Waals surface area contributed by atoms with Gasteiger partial charge in [-0.2, -0.15) is 0 Å². The van der Waals surface area contributed by atoms with Crippen LogP contribution < -0.4 is 0 Å². The van der Waals surface area contributed by atoms with Gasteiger partial charge in [-0.15, -0.1) is 0 Å². The van der Waals surface area contributed by atoms with Gasteiger partial charge in [0.1, 0.15) is 6.10 Å². The number of esters is 1. The lowest BCUT2D eigenvalue weighted by Crippen LogP contribution is -2.46. The van der Waals surface area contributed by atoms with Gasteiger partial charge in [-0.05, 0) is 39.0 Å². The number of rotatable bonds is 6. The van der Waals surface area contributed by atoms with Gasteiger partial charge in [0, 0.05) is 18.4 Å². The smallest absolute Gasteiger partial charge is 0.330 e. The number of hydrogen-bond donors (Lipinski definition) is 1. The fourth-order valence-electron chi connectivity index (χ4n) is 3.60. The van der Waals surface area contributed by atoms with Crippen LogP contribution in [0.3, 0.4) is 0 Å². The van der Waals surface area contributed by atoms with Crippen molar-refractivity contribution in [2.75, 3.05) is 6.61 Å². The minimum Gasteiger partial charge on any atom is -0.458 e. The number of ether oxygens (including phenoxy) is 3. The van der Waals surface area contributed by atoms with Gasteiger partial charge in [0.25, 0.3) is 0 Å². The normalized spacial score (nSPS) is 34.9. The van der Waals surface area contributed by atoms with Crippen LogP contribution in [0.1, 0.15) is 53.4 Å². The van der Waals surface area contributed by atoms with E-state index in [0.717, 1.165) is 19.3 Å². The Morgan fingerprint density at radius 1 is 1.35 bits per heavy atom. The molecule has 23 heavy (non-hydrogen) atoms. The maximum atomic E-state index is 11.5. The van der Waals surface area contributed by atoms with Crippen LogP contribution in [0.25, 0.3) is 0 Å². The van der Waals surface area contributed by atoms with Gasteiger partial charge in [0.2, 0.25) is 0 Å². The molecule has 0 amide bonds. The minimum absolute atomic E-state index is 0.0157. The monoisotopic (exact) mass is 326 g/mol. The topological polar surface area (TPSA) is 65.0 Å². The quantitative estimate of drug-likeness (QED) is 0.760. The van der Waals surface area contributed by atoms with Crippen LogP contribution in [0.4, 0.5) is 0 Å². The molecule has 2 rings (SSSR count). The number of cyclic esters (lactones) is 1. The molecule has 5 heteroatoms. The lowest BCUT2D eigenvalue weighted by molar-refractivity contribution is -0.305. The highest BCUT2D eigenvalue weighted by molar-refractivity contribution is 5.83. The van der Waals surface area contributed by atoms with E-state index in [4.69, 9.17) is 14.2 Å². The third kappa shape index (κ3) is 5.03. The third-order valence-corrected chi connectivity index (χ3v) is 4.76. The number of aliphatic hydroxyl groups excluding tert-OH is 1. The molecule has 0 radical (unpaired) electrons. The van der Waals surface area contributed by atoms with Crippen LogP contribution >= 0.6 is 0 Å². The van der Waals surface area contributed by atoms with Crippen molar-refractivity contribution in [3.8, 4) is 0 Å². The maximum Gasteiger partial charge on any atom is 0.330 e. The number of carbonyl (C=O) groups is 1. The molecule has 5 nitrogen and oxygen atoms in total. The molecule has 2 aliphatic heterocycles. The fraction of sp³-hybridized carbons (Fsp3) is 0.833. The number of aliphatic hydroxyl groups is 1. The summed E-state index contributed by atoms with van der Waals surface area (Å²) in [5.41, 5.74) is 0. The van der Waals surface area contributed by atoms with Crippen LogP contribution in [0.5, 0.6) is 0 Å². The van der Waals surface area contributed by atoms with Crippen molar-refractivity contribution in [1.82, 2.24) is 0 Å². The molecule has 0 saturated carbocycles. The molecule has 0 aromatic carbocycles. The summed E-state index contributed by atoms with van der Waals surface area (Å²) >= 11 is 0. The summed E-state index contributed by atoms with van der Waals surface area (Å²) in [6, 6.07) is 0. The van der Waals surface area contributed by atoms with Gasteiger partial charge in [0.05, 0.1) is 18.8 Å². The average molecular weight is 326 g/mol. The zero-order chi connectivity index (χ0) is 17.0. The lowest BCUT2D eigenvalue weighted by Gasteiger charge is -2.41. The predicted octanol–water partition coefficient (Wildman–Crippen LogP) is 2.81. The molecule has 0 aliphatic carbocycles. The molecule has 1 N–H and O–H groups in total. The SMILES string of the molecule is CC[C@@H]1C=CC(=O)O[C@@H]1[C@@H](C)CC[C@@H]1C[C@@H](CO)OC(C)(C)O1. The van der Waals surface area contributed by atoms with Gasteiger partial charge >= 0.3 is 5.97 Å². The molecule has 132 valence electrons. The first-order chi connectivity index (χ1) is 10.8. The molecule has 0 spiro atoms. The zero-order valence-corrected chi connectivity index (χ0v) is 14.7. The van der Waals surface area contributed by atoms with E-state index in [0.29, 0.717) is 12.3 Å². The van der Waals surface area contributed by atoms with E-state index >= 15 is 0 Å². The van der Waals surface area contributed by atoms with Gasteiger partial charge in [-0.25, -0.2) is 4.79 Å². The summed E-state index contributed by atoms with van der Waals surface area (Å²) in [6.07, 6.45) is 6.81. The molecular weight excluding hydrogens is 296 g/mol. The maximum absolute atomic E-state index is 11.5.